The van der Waals surface area contributed by atoms with E-state index in [9.17, 15) is 9.59 Å². The summed E-state index contributed by atoms with van der Waals surface area (Å²) in [6, 6.07) is 5.25. The van der Waals surface area contributed by atoms with Crippen LogP contribution in [0.4, 0.5) is 5.69 Å². The van der Waals surface area contributed by atoms with Crippen molar-refractivity contribution in [3.8, 4) is 5.69 Å². The summed E-state index contributed by atoms with van der Waals surface area (Å²) in [6.07, 6.45) is 5.23. The van der Waals surface area contributed by atoms with E-state index in [0.717, 1.165) is 52.1 Å². The summed E-state index contributed by atoms with van der Waals surface area (Å²) in [6.45, 7) is 5.62. The number of hydrogen-bond acceptors (Lipinski definition) is 6. The molecule has 2 aromatic rings. The molecule has 160 valence electrons. The molecule has 0 bridgehead atoms. The highest BCUT2D eigenvalue weighted by molar-refractivity contribution is 6.31. The van der Waals surface area contributed by atoms with Gasteiger partial charge in [-0.05, 0) is 31.0 Å². The van der Waals surface area contributed by atoms with E-state index >= 15 is 0 Å². The Kier molecular flexibility index (Phi) is 6.61. The van der Waals surface area contributed by atoms with E-state index in [1.54, 1.807) is 29.2 Å². The van der Waals surface area contributed by atoms with E-state index in [4.69, 9.17) is 11.6 Å². The van der Waals surface area contributed by atoms with Crippen LogP contribution in [0, 0.1) is 0 Å². The topological polar surface area (TPSA) is 86.6 Å². The number of piperazine rings is 1. The van der Waals surface area contributed by atoms with E-state index < -0.39 is 0 Å². The number of amides is 2. The highest BCUT2D eigenvalue weighted by atomic mass is 35.5. The largest absolute Gasteiger partial charge is 0.342 e. The lowest BCUT2D eigenvalue weighted by molar-refractivity contribution is -0.132. The minimum absolute atomic E-state index is 0.111. The van der Waals surface area contributed by atoms with Gasteiger partial charge < -0.3 is 10.2 Å². The molecule has 2 fully saturated rings. The van der Waals surface area contributed by atoms with Gasteiger partial charge in [-0.25, -0.2) is 9.67 Å². The van der Waals surface area contributed by atoms with Gasteiger partial charge in [-0.2, -0.15) is 5.10 Å². The van der Waals surface area contributed by atoms with E-state index in [2.05, 4.69) is 25.2 Å². The Morgan fingerprint density at radius 2 is 1.70 bits per heavy atom. The maximum atomic E-state index is 12.6. The number of anilines is 1. The number of halogens is 1. The Morgan fingerprint density at radius 3 is 2.37 bits per heavy atom. The van der Waals surface area contributed by atoms with E-state index in [0.29, 0.717) is 22.9 Å². The second-order valence-corrected chi connectivity index (χ2v) is 8.13. The number of rotatable bonds is 6. The van der Waals surface area contributed by atoms with Crippen LogP contribution in [-0.4, -0.2) is 93.6 Å². The van der Waals surface area contributed by atoms with Gasteiger partial charge in [-0.1, -0.05) is 11.6 Å². The molecule has 10 heteroatoms. The molecule has 4 rings (SSSR count). The first-order valence-electron chi connectivity index (χ1n) is 10.3. The maximum absolute atomic E-state index is 12.6. The molecule has 0 atom stereocenters. The van der Waals surface area contributed by atoms with E-state index in [1.165, 1.54) is 6.33 Å². The highest BCUT2D eigenvalue weighted by Gasteiger charge is 2.24. The van der Waals surface area contributed by atoms with Crippen molar-refractivity contribution in [3.63, 3.8) is 0 Å². The molecule has 2 saturated heterocycles. The third-order valence-corrected chi connectivity index (χ3v) is 5.78. The fraction of sp³-hybridized carbons (Fsp3) is 0.500. The molecule has 1 aromatic carbocycles. The standard InChI is InChI=1S/C20H26ClN7O2/c21-16-3-4-18(28-15-22-14-23-28)17(11-16)24-19(29)12-25-7-9-26(10-8-25)13-20(30)27-5-1-2-6-27/h3-4,11,14-15H,1-2,5-10,12-13H2,(H,24,29). The lowest BCUT2D eigenvalue weighted by Crippen LogP contribution is -2.51. The number of benzene rings is 1. The van der Waals surface area contributed by atoms with Gasteiger partial charge in [0.25, 0.3) is 0 Å². The van der Waals surface area contributed by atoms with Crippen LogP contribution in [0.25, 0.3) is 5.69 Å². The Balaban J connectivity index is 1.27. The minimum Gasteiger partial charge on any atom is -0.342 e. The normalized spacial score (nSPS) is 18.0. The monoisotopic (exact) mass is 431 g/mol. The van der Waals surface area contributed by atoms with Gasteiger partial charge in [0.05, 0.1) is 24.5 Å². The molecule has 0 unspecified atom stereocenters. The summed E-state index contributed by atoms with van der Waals surface area (Å²) in [5.74, 6) is 0.112. The molecule has 2 aliphatic heterocycles. The Labute approximate surface area is 180 Å². The summed E-state index contributed by atoms with van der Waals surface area (Å²) in [4.78, 5) is 35.1. The third kappa shape index (κ3) is 5.16. The predicted octanol–water partition coefficient (Wildman–Crippen LogP) is 1.10. The number of aromatic nitrogens is 3. The first-order valence-corrected chi connectivity index (χ1v) is 10.6. The van der Waals surface area contributed by atoms with Gasteiger partial charge in [0.1, 0.15) is 12.7 Å². The fourth-order valence-electron chi connectivity index (χ4n) is 3.90. The van der Waals surface area contributed by atoms with Crippen molar-refractivity contribution >= 4 is 29.1 Å². The zero-order valence-corrected chi connectivity index (χ0v) is 17.6. The first-order chi connectivity index (χ1) is 14.6. The molecule has 0 saturated carbocycles. The minimum atomic E-state index is -0.111. The van der Waals surface area contributed by atoms with Crippen LogP contribution in [0.5, 0.6) is 0 Å². The predicted molar refractivity (Wildman–Crippen MR) is 114 cm³/mol. The number of carbonyl (C=O) groups excluding carboxylic acids is 2. The van der Waals surface area contributed by atoms with E-state index in [1.807, 2.05) is 4.90 Å². The zero-order valence-electron chi connectivity index (χ0n) is 16.8. The summed E-state index contributed by atoms with van der Waals surface area (Å²) in [7, 11) is 0. The van der Waals surface area contributed by atoms with Crippen molar-refractivity contribution in [2.24, 2.45) is 0 Å². The fourth-order valence-corrected chi connectivity index (χ4v) is 4.07. The SMILES string of the molecule is O=C(CN1CCN(CC(=O)N2CCCC2)CC1)Nc1cc(Cl)ccc1-n1cncn1. The molecule has 2 aliphatic rings. The Hall–Kier alpha value is -2.49. The van der Waals surface area contributed by atoms with E-state index in [-0.39, 0.29) is 18.4 Å². The zero-order chi connectivity index (χ0) is 20.9. The molecule has 0 aliphatic carbocycles. The molecule has 0 spiro atoms. The smallest absolute Gasteiger partial charge is 0.238 e. The third-order valence-electron chi connectivity index (χ3n) is 5.55. The molecule has 0 radical (unpaired) electrons. The van der Waals surface area contributed by atoms with Crippen LogP contribution in [0.2, 0.25) is 5.02 Å². The second-order valence-electron chi connectivity index (χ2n) is 7.69. The Morgan fingerprint density at radius 1 is 1.00 bits per heavy atom. The first kappa shape index (κ1) is 20.8. The molecule has 30 heavy (non-hydrogen) atoms. The lowest BCUT2D eigenvalue weighted by atomic mass is 10.2. The number of nitrogens with zero attached hydrogens (tertiary/aromatic N) is 6. The van der Waals surface area contributed by atoms with Gasteiger partial charge in [0, 0.05) is 44.3 Å². The maximum Gasteiger partial charge on any atom is 0.238 e. The van der Waals surface area contributed by atoms with Crippen LogP contribution < -0.4 is 5.32 Å². The van der Waals surface area contributed by atoms with Gasteiger partial charge in [0.15, 0.2) is 0 Å². The van der Waals surface area contributed by atoms with Gasteiger partial charge in [0.2, 0.25) is 11.8 Å². The number of likely N-dealkylation sites (tertiary alicyclic amines) is 1. The second kappa shape index (κ2) is 9.55. The van der Waals surface area contributed by atoms with Crippen LogP contribution in [0.3, 0.4) is 0 Å². The quantitative estimate of drug-likeness (QED) is 0.737. The van der Waals surface area contributed by atoms with Gasteiger partial charge in [-0.3, -0.25) is 19.4 Å². The number of nitrogens with one attached hydrogen (secondary N) is 1. The molecular formula is C20H26ClN7O2. The van der Waals surface area contributed by atoms with Crippen molar-refractivity contribution < 1.29 is 9.59 Å². The molecule has 3 heterocycles. The highest BCUT2D eigenvalue weighted by Crippen LogP contribution is 2.24. The average Bonchev–Trinajstić information content (AvgIpc) is 3.44. The average molecular weight is 432 g/mol. The lowest BCUT2D eigenvalue weighted by Gasteiger charge is -2.34. The van der Waals surface area contributed by atoms with Crippen LogP contribution in [0.15, 0.2) is 30.9 Å². The summed E-state index contributed by atoms with van der Waals surface area (Å²) in [5.41, 5.74) is 1.29. The summed E-state index contributed by atoms with van der Waals surface area (Å²) in [5, 5.41) is 7.60. The molecule has 2 amide bonds. The molecular weight excluding hydrogens is 406 g/mol. The van der Waals surface area contributed by atoms with Crippen molar-refractivity contribution in [3.05, 3.63) is 35.9 Å². The molecule has 1 N–H and O–H groups in total. The number of carbonyl (C=O) groups is 2. The number of hydrogen-bond donors (Lipinski definition) is 1. The molecule has 1 aromatic heterocycles. The van der Waals surface area contributed by atoms with Crippen molar-refractivity contribution in [2.75, 3.05) is 57.7 Å². The van der Waals surface area contributed by atoms with Crippen LogP contribution in [0.1, 0.15) is 12.8 Å². The van der Waals surface area contributed by atoms with Crippen molar-refractivity contribution in [1.82, 2.24) is 29.5 Å². The van der Waals surface area contributed by atoms with Gasteiger partial charge in [-0.15, -0.1) is 0 Å². The summed E-state index contributed by atoms with van der Waals surface area (Å²) >= 11 is 6.11. The Bertz CT molecular complexity index is 875. The van der Waals surface area contributed by atoms with Crippen molar-refractivity contribution in [2.45, 2.75) is 12.8 Å². The van der Waals surface area contributed by atoms with Crippen molar-refractivity contribution in [1.29, 1.82) is 0 Å². The summed E-state index contributed by atoms with van der Waals surface area (Å²) < 4.78 is 1.59. The van der Waals surface area contributed by atoms with Gasteiger partial charge >= 0.3 is 0 Å². The molecule has 9 nitrogen and oxygen atoms in total. The van der Waals surface area contributed by atoms with Crippen LogP contribution in [-0.2, 0) is 9.59 Å². The van der Waals surface area contributed by atoms with Crippen LogP contribution >= 0.6 is 11.6 Å².